The summed E-state index contributed by atoms with van der Waals surface area (Å²) in [5, 5.41) is 14.4. The van der Waals surface area contributed by atoms with Gasteiger partial charge in [-0.15, -0.1) is 0 Å². The second-order valence-electron chi connectivity index (χ2n) is 13.1. The van der Waals surface area contributed by atoms with E-state index in [2.05, 4.69) is 24.1 Å². The Morgan fingerprint density at radius 3 is 2.72 bits per heavy atom. The number of fused-ring (bicyclic) bond motifs is 3. The van der Waals surface area contributed by atoms with Crippen molar-refractivity contribution in [3.63, 3.8) is 0 Å². The molecule has 3 aromatic rings. The molecule has 0 aliphatic heterocycles. The maximum absolute atomic E-state index is 15.4. The normalized spacial score (nSPS) is 26.9. The molecule has 228 valence electrons. The van der Waals surface area contributed by atoms with E-state index in [-0.39, 0.29) is 28.1 Å². The molecule has 2 N–H and O–H groups in total. The fourth-order valence-electron chi connectivity index (χ4n) is 8.12. The molecule has 8 heteroatoms. The Morgan fingerprint density at radius 1 is 1.19 bits per heavy atom. The minimum atomic E-state index is -1.12. The molecule has 0 radical (unpaired) electrons. The van der Waals surface area contributed by atoms with E-state index in [1.165, 1.54) is 5.56 Å². The van der Waals surface area contributed by atoms with Crippen molar-refractivity contribution < 1.29 is 19.0 Å². The van der Waals surface area contributed by atoms with Crippen molar-refractivity contribution >= 4 is 34.9 Å². The zero-order valence-corrected chi connectivity index (χ0v) is 26.3. The number of hydrogen-bond donors (Lipinski definition) is 2. The number of aromatic nitrogens is 1. The summed E-state index contributed by atoms with van der Waals surface area (Å²) < 4.78 is 21.9. The summed E-state index contributed by atoms with van der Waals surface area (Å²) in [4.78, 5) is 17.3. The molecule has 3 aliphatic rings. The molecule has 0 amide bonds. The monoisotopic (exact) mass is 624 g/mol. The molecular weight excluding hydrogens is 586 g/mol. The summed E-state index contributed by atoms with van der Waals surface area (Å²) in [6, 6.07) is 12.8. The summed E-state index contributed by atoms with van der Waals surface area (Å²) >= 11 is 12.4. The quantitative estimate of drug-likeness (QED) is 0.262. The molecule has 0 bridgehead atoms. The van der Waals surface area contributed by atoms with Crippen LogP contribution >= 0.6 is 23.2 Å². The lowest BCUT2D eigenvalue weighted by Crippen LogP contribution is -2.53. The lowest BCUT2D eigenvalue weighted by molar-refractivity contribution is -0.144. The number of nitrogens with zero attached hydrogens (tertiary/aromatic N) is 1. The lowest BCUT2D eigenvalue weighted by atomic mass is 9.59. The highest BCUT2D eigenvalue weighted by atomic mass is 35.5. The van der Waals surface area contributed by atoms with Gasteiger partial charge in [0.15, 0.2) is 0 Å². The molecule has 2 aromatic carbocycles. The highest BCUT2D eigenvalue weighted by Crippen LogP contribution is 2.57. The fourth-order valence-corrected chi connectivity index (χ4v) is 8.49. The number of pyridine rings is 1. The Kier molecular flexibility index (Phi) is 8.38. The molecule has 3 atom stereocenters. The number of ether oxygens (including phenoxy) is 1. The molecule has 3 aliphatic carbocycles. The van der Waals surface area contributed by atoms with Crippen molar-refractivity contribution in [2.24, 2.45) is 11.8 Å². The number of aliphatic carboxylic acids is 1. The maximum atomic E-state index is 15.4. The fraction of sp³-hybridized carbons (Fsp3) is 0.486. The molecule has 6 rings (SSSR count). The van der Waals surface area contributed by atoms with E-state index in [1.54, 1.807) is 18.2 Å². The number of rotatable bonds is 8. The van der Waals surface area contributed by atoms with Gasteiger partial charge in [0, 0.05) is 28.2 Å². The predicted octanol–water partition coefficient (Wildman–Crippen LogP) is 8.99. The Labute approximate surface area is 263 Å². The topological polar surface area (TPSA) is 71.5 Å². The van der Waals surface area contributed by atoms with Gasteiger partial charge in [-0.3, -0.25) is 4.98 Å². The summed E-state index contributed by atoms with van der Waals surface area (Å²) in [5.74, 6) is 0.513. The molecule has 1 fully saturated rings. The number of halogens is 3. The minimum absolute atomic E-state index is 0.140. The van der Waals surface area contributed by atoms with Crippen molar-refractivity contribution in [3.8, 4) is 5.75 Å². The first-order valence-corrected chi connectivity index (χ1v) is 16.2. The third-order valence-electron chi connectivity index (χ3n) is 10.4. The van der Waals surface area contributed by atoms with Gasteiger partial charge in [0.05, 0.1) is 11.6 Å². The standard InChI is InChI=1S/C35H39Cl2FN2O3/c1-21(20-43-30-11-16-39-29-8-3-5-22(2)31(29)30)17-23-18-26-27(9-10-28(37)32(26)38)34(23)12-14-35(15-13-34,33(41)42)40-25-7-4-6-24(36)19-25/h4,6-7,9-11,16,19,21-23,40H,3,5,8,12-15,17-18,20H2,1-2H3,(H,41,42)/t21-,22-,23-,34?,35?/m1/s1. The van der Waals surface area contributed by atoms with Gasteiger partial charge in [0.25, 0.3) is 0 Å². The van der Waals surface area contributed by atoms with Gasteiger partial charge in [-0.1, -0.05) is 49.2 Å². The molecule has 1 heterocycles. The molecule has 1 spiro atoms. The van der Waals surface area contributed by atoms with Gasteiger partial charge >= 0.3 is 5.97 Å². The number of carboxylic acids is 1. The van der Waals surface area contributed by atoms with E-state index in [9.17, 15) is 9.90 Å². The Balaban J connectivity index is 1.23. The van der Waals surface area contributed by atoms with Crippen LogP contribution in [0.1, 0.15) is 87.1 Å². The van der Waals surface area contributed by atoms with Gasteiger partial charge in [0.1, 0.15) is 17.1 Å². The first-order chi connectivity index (χ1) is 20.6. The number of benzene rings is 2. The van der Waals surface area contributed by atoms with Crippen LogP contribution in [0.3, 0.4) is 0 Å². The summed E-state index contributed by atoms with van der Waals surface area (Å²) in [5.41, 5.74) is 3.31. The van der Waals surface area contributed by atoms with Crippen LogP contribution in [-0.2, 0) is 23.1 Å². The minimum Gasteiger partial charge on any atom is -0.493 e. The lowest BCUT2D eigenvalue weighted by Gasteiger charge is -2.47. The largest absolute Gasteiger partial charge is 0.493 e. The Hall–Kier alpha value is -2.83. The van der Waals surface area contributed by atoms with E-state index < -0.39 is 11.5 Å². The Morgan fingerprint density at radius 2 is 1.98 bits per heavy atom. The van der Waals surface area contributed by atoms with Gasteiger partial charge in [-0.05, 0) is 122 Å². The molecule has 43 heavy (non-hydrogen) atoms. The highest BCUT2D eigenvalue weighted by Gasteiger charge is 2.54. The number of nitrogens with one attached hydrogen (secondary N) is 1. The maximum Gasteiger partial charge on any atom is 0.329 e. The molecule has 1 aromatic heterocycles. The van der Waals surface area contributed by atoms with Gasteiger partial charge in [0.2, 0.25) is 0 Å². The third-order valence-corrected chi connectivity index (χ3v) is 10.9. The van der Waals surface area contributed by atoms with Crippen LogP contribution in [0.25, 0.3) is 0 Å². The van der Waals surface area contributed by atoms with Crippen molar-refractivity contribution in [1.82, 2.24) is 4.98 Å². The summed E-state index contributed by atoms with van der Waals surface area (Å²) in [6.07, 6.45) is 8.68. The van der Waals surface area contributed by atoms with Crippen molar-refractivity contribution in [3.05, 3.63) is 86.9 Å². The second-order valence-corrected chi connectivity index (χ2v) is 13.9. The van der Waals surface area contributed by atoms with Crippen LogP contribution in [0.5, 0.6) is 5.75 Å². The van der Waals surface area contributed by atoms with E-state index in [4.69, 9.17) is 27.9 Å². The molecule has 5 nitrogen and oxygen atoms in total. The van der Waals surface area contributed by atoms with E-state index >= 15 is 4.39 Å². The average molecular weight is 626 g/mol. The van der Waals surface area contributed by atoms with Gasteiger partial charge < -0.3 is 15.2 Å². The van der Waals surface area contributed by atoms with Crippen molar-refractivity contribution in [2.45, 2.75) is 88.5 Å². The average Bonchev–Trinajstić information content (AvgIpc) is 3.28. The molecular formula is C35H39Cl2FN2O3. The zero-order chi connectivity index (χ0) is 30.4. The number of carboxylic acid groups (broad SMARTS) is 1. The SMILES string of the molecule is C[C@@H](COc1ccnc2c1[C@H](C)CCC2)C[C@@H]1Cc2c(ccc(Cl)c2F)C12CCC(Nc1cccc(Cl)c1)(C(=O)O)CC2. The van der Waals surface area contributed by atoms with Crippen molar-refractivity contribution in [1.29, 1.82) is 0 Å². The number of hydrogen-bond acceptors (Lipinski definition) is 4. The van der Waals surface area contributed by atoms with Crippen LogP contribution < -0.4 is 10.1 Å². The second kappa shape index (κ2) is 11.9. The van der Waals surface area contributed by atoms with Gasteiger partial charge in [-0.2, -0.15) is 0 Å². The zero-order valence-electron chi connectivity index (χ0n) is 24.8. The first-order valence-electron chi connectivity index (χ1n) is 15.5. The van der Waals surface area contributed by atoms with Crippen LogP contribution in [-0.4, -0.2) is 28.2 Å². The van der Waals surface area contributed by atoms with Gasteiger partial charge in [-0.25, -0.2) is 9.18 Å². The van der Waals surface area contributed by atoms with Crippen LogP contribution in [0.2, 0.25) is 10.0 Å². The summed E-state index contributed by atoms with van der Waals surface area (Å²) in [6.45, 7) is 5.00. The molecule has 1 saturated carbocycles. The highest BCUT2D eigenvalue weighted by molar-refractivity contribution is 6.31. The molecule has 0 saturated heterocycles. The van der Waals surface area contributed by atoms with E-state index in [1.807, 2.05) is 30.5 Å². The number of aryl methyl sites for hydroxylation is 1. The van der Waals surface area contributed by atoms with Crippen molar-refractivity contribution in [2.75, 3.05) is 11.9 Å². The molecule has 0 unspecified atom stereocenters. The number of anilines is 1. The smallest absolute Gasteiger partial charge is 0.329 e. The van der Waals surface area contributed by atoms with E-state index in [0.717, 1.165) is 42.7 Å². The number of carbonyl (C=O) groups is 1. The van der Waals surface area contributed by atoms with E-state index in [0.29, 0.717) is 60.9 Å². The van der Waals surface area contributed by atoms with Crippen LogP contribution in [0.4, 0.5) is 10.1 Å². The third kappa shape index (κ3) is 5.62. The predicted molar refractivity (Wildman–Crippen MR) is 169 cm³/mol. The Bertz CT molecular complexity index is 1520. The van der Waals surface area contributed by atoms with Crippen LogP contribution in [0, 0.1) is 17.7 Å². The summed E-state index contributed by atoms with van der Waals surface area (Å²) in [7, 11) is 0. The first kappa shape index (κ1) is 30.2. The van der Waals surface area contributed by atoms with Crippen LogP contribution in [0.15, 0.2) is 48.7 Å².